The molecule has 0 bridgehead atoms. The number of ether oxygens (including phenoxy) is 3. The number of fused-ring (bicyclic) bond motifs is 1. The van der Waals surface area contributed by atoms with E-state index >= 15 is 0 Å². The second kappa shape index (κ2) is 11.3. The highest BCUT2D eigenvalue weighted by atomic mass is 16.5. The van der Waals surface area contributed by atoms with Crippen molar-refractivity contribution in [2.45, 2.75) is 58.7 Å². The Kier molecular flexibility index (Phi) is 8.40. The fourth-order valence-corrected chi connectivity index (χ4v) is 4.73. The van der Waals surface area contributed by atoms with Crippen LogP contribution in [0.5, 0.6) is 17.2 Å². The first kappa shape index (κ1) is 26.8. The fraction of sp³-hybridized carbons (Fsp3) is 0.393. The molecule has 3 rings (SSSR count). The topological polar surface area (TPSA) is 115 Å². The molecule has 2 N–H and O–H groups in total. The van der Waals surface area contributed by atoms with Crippen LogP contribution in [-0.2, 0) is 21.6 Å². The molecule has 8 heteroatoms. The maximum absolute atomic E-state index is 12.0. The summed E-state index contributed by atoms with van der Waals surface area (Å²) in [6.45, 7) is 7.55. The lowest BCUT2D eigenvalue weighted by molar-refractivity contribution is -0.158. The average Bonchev–Trinajstić information content (AvgIpc) is 2.86. The smallest absolute Gasteiger partial charge is 0.318 e. The molecule has 1 heterocycles. The van der Waals surface area contributed by atoms with Gasteiger partial charge in [-0.15, -0.1) is 0 Å². The van der Waals surface area contributed by atoms with Crippen LogP contribution in [0.1, 0.15) is 51.7 Å². The summed E-state index contributed by atoms with van der Waals surface area (Å²) in [7, 11) is 1.59. The van der Waals surface area contributed by atoms with Gasteiger partial charge in [-0.05, 0) is 51.0 Å². The highest BCUT2D eigenvalue weighted by Gasteiger charge is 2.48. The van der Waals surface area contributed by atoms with E-state index in [0.29, 0.717) is 41.2 Å². The van der Waals surface area contributed by atoms with Gasteiger partial charge in [0, 0.05) is 22.6 Å². The quantitative estimate of drug-likeness (QED) is 0.319. The minimum absolute atomic E-state index is 0.0908. The Morgan fingerprint density at radius 3 is 2.28 bits per heavy atom. The number of rotatable bonds is 12. The number of carboxylic acids is 2. The number of benzene rings is 2. The normalized spacial score (nSPS) is 11.6. The number of hydrogen-bond acceptors (Lipinski definition) is 6. The third-order valence-corrected chi connectivity index (χ3v) is 6.57. The molecule has 36 heavy (non-hydrogen) atoms. The van der Waals surface area contributed by atoms with Gasteiger partial charge in [-0.2, -0.15) is 0 Å². The number of para-hydroxylation sites is 1. The second-order valence-electron chi connectivity index (χ2n) is 8.92. The van der Waals surface area contributed by atoms with E-state index in [9.17, 15) is 19.8 Å². The molecule has 8 nitrogen and oxygen atoms in total. The molecule has 0 atom stereocenters. The Balaban J connectivity index is 2.07. The maximum atomic E-state index is 12.0. The molecule has 192 valence electrons. The van der Waals surface area contributed by atoms with Gasteiger partial charge in [-0.3, -0.25) is 14.6 Å². The van der Waals surface area contributed by atoms with Crippen LogP contribution >= 0.6 is 0 Å². The van der Waals surface area contributed by atoms with E-state index in [1.54, 1.807) is 51.4 Å². The van der Waals surface area contributed by atoms with Crippen molar-refractivity contribution in [3.8, 4) is 17.2 Å². The van der Waals surface area contributed by atoms with Crippen molar-refractivity contribution in [2.75, 3.05) is 7.11 Å². The number of aromatic nitrogens is 1. The predicted molar refractivity (Wildman–Crippen MR) is 136 cm³/mol. The molecule has 0 saturated carbocycles. The van der Waals surface area contributed by atoms with Crippen molar-refractivity contribution in [3.63, 3.8) is 0 Å². The van der Waals surface area contributed by atoms with Crippen LogP contribution in [0.15, 0.2) is 48.7 Å². The minimum atomic E-state index is -1.62. The summed E-state index contributed by atoms with van der Waals surface area (Å²) in [4.78, 5) is 28.6. The number of carbonyl (C=O) groups is 2. The van der Waals surface area contributed by atoms with E-state index in [2.05, 4.69) is 4.98 Å². The number of methoxy groups -OCH3 is 1. The van der Waals surface area contributed by atoms with E-state index < -0.39 is 23.3 Å². The van der Waals surface area contributed by atoms with Crippen molar-refractivity contribution in [1.82, 2.24) is 4.98 Å². The van der Waals surface area contributed by atoms with Gasteiger partial charge >= 0.3 is 11.9 Å². The lowest BCUT2D eigenvalue weighted by Gasteiger charge is -2.36. The van der Waals surface area contributed by atoms with E-state index in [1.165, 1.54) is 0 Å². The molecule has 0 fully saturated rings. The molecule has 1 aromatic heterocycles. The van der Waals surface area contributed by atoms with Gasteiger partial charge in [0.2, 0.25) is 0 Å². The zero-order valence-corrected chi connectivity index (χ0v) is 21.3. The number of pyridine rings is 1. The summed E-state index contributed by atoms with van der Waals surface area (Å²) in [5.41, 5.74) is 0.843. The fourth-order valence-electron chi connectivity index (χ4n) is 4.73. The van der Waals surface area contributed by atoms with Crippen LogP contribution in [0.2, 0.25) is 0 Å². The first-order chi connectivity index (χ1) is 17.2. The molecule has 0 spiro atoms. The molecule has 0 amide bonds. The third-order valence-electron chi connectivity index (χ3n) is 6.57. The van der Waals surface area contributed by atoms with Crippen LogP contribution in [-0.4, -0.2) is 40.3 Å². The Bertz CT molecular complexity index is 1220. The zero-order valence-electron chi connectivity index (χ0n) is 21.3. The third kappa shape index (κ3) is 5.22. The highest BCUT2D eigenvalue weighted by molar-refractivity contribution is 5.95. The van der Waals surface area contributed by atoms with Crippen LogP contribution in [0.25, 0.3) is 10.9 Å². The van der Waals surface area contributed by atoms with E-state index in [-0.39, 0.29) is 12.7 Å². The lowest BCUT2D eigenvalue weighted by Crippen LogP contribution is -2.44. The molecular formula is C28H33NO7. The molecule has 0 radical (unpaired) electrons. The molecular weight excluding hydrogens is 462 g/mol. The standard InChI is InChI=1S/C28H33NO7/c1-6-28(7-2,24(26(30)31)27(32)33)21-10-8-9-11-23(21)35-16-18-15-29-22-13-12-19(34-5)14-20(22)25(18)36-17(3)4/h8-15,17,24H,6-7,16H2,1-5H3,(H,30,31)(H,32,33). The number of aliphatic carboxylic acids is 2. The van der Waals surface area contributed by atoms with Crippen LogP contribution in [0.3, 0.4) is 0 Å². The summed E-state index contributed by atoms with van der Waals surface area (Å²) in [6.07, 6.45) is 2.21. The largest absolute Gasteiger partial charge is 0.497 e. The molecule has 3 aromatic rings. The van der Waals surface area contributed by atoms with Crippen molar-refractivity contribution < 1.29 is 34.0 Å². The zero-order chi connectivity index (χ0) is 26.5. The lowest BCUT2D eigenvalue weighted by atomic mass is 9.66. The van der Waals surface area contributed by atoms with Gasteiger partial charge in [-0.25, -0.2) is 0 Å². The van der Waals surface area contributed by atoms with Crippen LogP contribution in [0.4, 0.5) is 0 Å². The highest BCUT2D eigenvalue weighted by Crippen LogP contribution is 2.44. The maximum Gasteiger partial charge on any atom is 0.318 e. The summed E-state index contributed by atoms with van der Waals surface area (Å²) >= 11 is 0. The van der Waals surface area contributed by atoms with Gasteiger partial charge in [0.15, 0.2) is 5.92 Å². The van der Waals surface area contributed by atoms with Crippen molar-refractivity contribution in [3.05, 3.63) is 59.8 Å². The average molecular weight is 496 g/mol. The molecule has 0 aliphatic rings. The summed E-state index contributed by atoms with van der Waals surface area (Å²) in [6, 6.07) is 12.6. The first-order valence-electron chi connectivity index (χ1n) is 12.0. The van der Waals surface area contributed by atoms with Gasteiger partial charge < -0.3 is 24.4 Å². The predicted octanol–water partition coefficient (Wildman–Crippen LogP) is 5.45. The Hall–Kier alpha value is -3.81. The first-order valence-corrected chi connectivity index (χ1v) is 12.0. The molecule has 0 aliphatic heterocycles. The SMILES string of the molecule is CCC(CC)(c1ccccc1OCc1cnc2ccc(OC)cc2c1OC(C)C)C(C(=O)O)C(=O)O. The Morgan fingerprint density at radius 1 is 1.03 bits per heavy atom. The van der Waals surface area contributed by atoms with Crippen LogP contribution in [0, 0.1) is 5.92 Å². The number of nitrogens with zero attached hydrogens (tertiary/aromatic N) is 1. The molecule has 2 aromatic carbocycles. The monoisotopic (exact) mass is 495 g/mol. The van der Waals surface area contributed by atoms with Gasteiger partial charge in [0.25, 0.3) is 0 Å². The van der Waals surface area contributed by atoms with Gasteiger partial charge in [0.1, 0.15) is 23.9 Å². The van der Waals surface area contributed by atoms with Crippen molar-refractivity contribution in [1.29, 1.82) is 0 Å². The van der Waals surface area contributed by atoms with Crippen molar-refractivity contribution >= 4 is 22.8 Å². The van der Waals surface area contributed by atoms with Gasteiger partial charge in [-0.1, -0.05) is 32.0 Å². The Labute approximate surface area is 210 Å². The van der Waals surface area contributed by atoms with Crippen LogP contribution < -0.4 is 14.2 Å². The van der Waals surface area contributed by atoms with E-state index in [4.69, 9.17) is 14.2 Å². The molecule has 0 saturated heterocycles. The van der Waals surface area contributed by atoms with E-state index in [1.807, 2.05) is 32.0 Å². The summed E-state index contributed by atoms with van der Waals surface area (Å²) in [5.74, 6) is -2.65. The second-order valence-corrected chi connectivity index (χ2v) is 8.92. The minimum Gasteiger partial charge on any atom is -0.497 e. The number of hydrogen-bond donors (Lipinski definition) is 2. The summed E-state index contributed by atoms with van der Waals surface area (Å²) < 4.78 is 17.8. The molecule has 0 aliphatic carbocycles. The number of carboxylic acid groups (broad SMARTS) is 2. The van der Waals surface area contributed by atoms with Crippen molar-refractivity contribution in [2.24, 2.45) is 5.92 Å². The summed E-state index contributed by atoms with van der Waals surface area (Å²) in [5, 5.41) is 20.4. The van der Waals surface area contributed by atoms with E-state index in [0.717, 1.165) is 10.9 Å². The Morgan fingerprint density at radius 2 is 1.69 bits per heavy atom. The van der Waals surface area contributed by atoms with Gasteiger partial charge in [0.05, 0.1) is 24.3 Å². The molecule has 0 unspecified atom stereocenters.